The summed E-state index contributed by atoms with van der Waals surface area (Å²) in [6, 6.07) is 15.3. The van der Waals surface area contributed by atoms with Crippen LogP contribution in [-0.4, -0.2) is 16.9 Å². The van der Waals surface area contributed by atoms with Crippen molar-refractivity contribution in [1.29, 1.82) is 0 Å². The lowest BCUT2D eigenvalue weighted by atomic mass is 10.1. The first-order valence-corrected chi connectivity index (χ1v) is 8.09. The topological polar surface area (TPSA) is 67.4 Å². The number of carbonyl (C=O) groups excluding carboxylic acids is 2. The van der Waals surface area contributed by atoms with Gasteiger partial charge in [-0.25, -0.2) is 0 Å². The van der Waals surface area contributed by atoms with Gasteiger partial charge in [-0.3, -0.25) is 20.2 Å². The Bertz CT molecular complexity index is 850. The lowest BCUT2D eigenvalue weighted by Crippen LogP contribution is -2.51. The molecule has 126 valence electrons. The van der Waals surface area contributed by atoms with Crippen LogP contribution in [0.15, 0.2) is 54.1 Å². The van der Waals surface area contributed by atoms with E-state index >= 15 is 0 Å². The van der Waals surface area contributed by atoms with E-state index in [-0.39, 0.29) is 10.7 Å². The molecule has 0 aromatic heterocycles. The van der Waals surface area contributed by atoms with Crippen molar-refractivity contribution in [3.8, 4) is 5.75 Å². The van der Waals surface area contributed by atoms with Crippen LogP contribution in [-0.2, 0) is 16.2 Å². The van der Waals surface area contributed by atoms with Gasteiger partial charge in [-0.05, 0) is 48.5 Å². The third-order valence-corrected chi connectivity index (χ3v) is 3.84. The highest BCUT2D eigenvalue weighted by Gasteiger charge is 2.25. The van der Waals surface area contributed by atoms with Crippen molar-refractivity contribution in [2.45, 2.75) is 13.5 Å². The predicted molar refractivity (Wildman–Crippen MR) is 98.8 cm³/mol. The van der Waals surface area contributed by atoms with Crippen LogP contribution in [0, 0.1) is 6.92 Å². The van der Waals surface area contributed by atoms with Crippen LogP contribution in [0.2, 0.25) is 0 Å². The van der Waals surface area contributed by atoms with Gasteiger partial charge < -0.3 is 4.74 Å². The molecule has 1 saturated heterocycles. The number of ether oxygens (including phenoxy) is 1. The van der Waals surface area contributed by atoms with E-state index in [1.807, 2.05) is 37.3 Å². The first-order valence-electron chi connectivity index (χ1n) is 7.68. The van der Waals surface area contributed by atoms with Crippen molar-refractivity contribution in [1.82, 2.24) is 10.6 Å². The Morgan fingerprint density at radius 1 is 1.04 bits per heavy atom. The summed E-state index contributed by atoms with van der Waals surface area (Å²) in [5.41, 5.74) is 2.95. The molecule has 2 aromatic rings. The fourth-order valence-corrected chi connectivity index (χ4v) is 2.50. The molecule has 1 fully saturated rings. The molecule has 1 heterocycles. The van der Waals surface area contributed by atoms with E-state index in [9.17, 15) is 9.59 Å². The summed E-state index contributed by atoms with van der Waals surface area (Å²) >= 11 is 4.78. The molecule has 0 spiro atoms. The minimum Gasteiger partial charge on any atom is -0.489 e. The van der Waals surface area contributed by atoms with Crippen molar-refractivity contribution in [2.24, 2.45) is 0 Å². The number of nitrogens with one attached hydrogen (secondary N) is 2. The molecule has 2 amide bonds. The molecular formula is C19H16N2O3S. The van der Waals surface area contributed by atoms with Crippen LogP contribution in [0.4, 0.5) is 0 Å². The summed E-state index contributed by atoms with van der Waals surface area (Å²) in [5.74, 6) is -0.374. The first-order chi connectivity index (χ1) is 12.0. The van der Waals surface area contributed by atoms with Crippen molar-refractivity contribution in [3.63, 3.8) is 0 Å². The number of aryl methyl sites for hydroxylation is 1. The molecule has 0 bridgehead atoms. The summed E-state index contributed by atoms with van der Waals surface area (Å²) in [6.07, 6.45) is 1.51. The van der Waals surface area contributed by atoms with Gasteiger partial charge in [0.2, 0.25) is 0 Å². The van der Waals surface area contributed by atoms with E-state index in [0.29, 0.717) is 17.9 Å². The molecule has 1 aliphatic rings. The Hall–Kier alpha value is -2.99. The normalized spacial score (nSPS) is 14.0. The number of hydrogen-bond donors (Lipinski definition) is 2. The van der Waals surface area contributed by atoms with Gasteiger partial charge in [-0.15, -0.1) is 0 Å². The van der Waals surface area contributed by atoms with Crippen LogP contribution >= 0.6 is 12.2 Å². The fraction of sp³-hybridized carbons (Fsp3) is 0.105. The zero-order chi connectivity index (χ0) is 17.8. The second kappa shape index (κ2) is 7.27. The maximum Gasteiger partial charge on any atom is 0.263 e. The number of carbonyl (C=O) groups is 2. The molecule has 2 N–H and O–H groups in total. The average molecular weight is 352 g/mol. The maximum absolute atomic E-state index is 11.9. The standard InChI is InChI=1S/C19H16N2O3S/c1-12-5-7-13(8-6-12)11-24-15-4-2-3-14(9-15)10-16-17(22)20-19(25)21-18(16)23/h2-10H,11H2,1H3,(H2,20,21,22,23,25). The molecule has 2 aromatic carbocycles. The Morgan fingerprint density at radius 3 is 2.40 bits per heavy atom. The summed E-state index contributed by atoms with van der Waals surface area (Å²) in [7, 11) is 0. The van der Waals surface area contributed by atoms with Crippen LogP contribution < -0.4 is 15.4 Å². The number of benzene rings is 2. The second-order valence-corrected chi connectivity index (χ2v) is 6.05. The molecule has 0 saturated carbocycles. The van der Waals surface area contributed by atoms with Crippen molar-refractivity contribution < 1.29 is 14.3 Å². The summed E-state index contributed by atoms with van der Waals surface area (Å²) < 4.78 is 5.78. The second-order valence-electron chi connectivity index (χ2n) is 5.64. The molecule has 5 nitrogen and oxygen atoms in total. The van der Waals surface area contributed by atoms with E-state index < -0.39 is 11.8 Å². The van der Waals surface area contributed by atoms with E-state index in [0.717, 1.165) is 5.56 Å². The third-order valence-electron chi connectivity index (χ3n) is 3.64. The first kappa shape index (κ1) is 16.9. The lowest BCUT2D eigenvalue weighted by molar-refractivity contribution is -0.123. The molecule has 3 rings (SSSR count). The average Bonchev–Trinajstić information content (AvgIpc) is 2.58. The lowest BCUT2D eigenvalue weighted by Gasteiger charge is -2.16. The minimum absolute atomic E-state index is 0.00397. The molecule has 25 heavy (non-hydrogen) atoms. The molecule has 1 aliphatic heterocycles. The van der Waals surface area contributed by atoms with Gasteiger partial charge in [0.25, 0.3) is 11.8 Å². The minimum atomic E-state index is -0.514. The van der Waals surface area contributed by atoms with Gasteiger partial charge in [0.05, 0.1) is 0 Å². The van der Waals surface area contributed by atoms with E-state index in [2.05, 4.69) is 10.6 Å². The predicted octanol–water partition coefficient (Wildman–Crippen LogP) is 2.49. The summed E-state index contributed by atoms with van der Waals surface area (Å²) in [6.45, 7) is 2.47. The highest BCUT2D eigenvalue weighted by atomic mass is 32.1. The van der Waals surface area contributed by atoms with E-state index in [4.69, 9.17) is 17.0 Å². The number of rotatable bonds is 4. The van der Waals surface area contributed by atoms with E-state index in [1.165, 1.54) is 11.6 Å². The third kappa shape index (κ3) is 4.30. The Balaban J connectivity index is 1.74. The van der Waals surface area contributed by atoms with Crippen LogP contribution in [0.3, 0.4) is 0 Å². The number of hydrogen-bond acceptors (Lipinski definition) is 4. The fourth-order valence-electron chi connectivity index (χ4n) is 2.32. The Labute approximate surface area is 150 Å². The molecule has 0 atom stereocenters. The molecule has 0 radical (unpaired) electrons. The smallest absolute Gasteiger partial charge is 0.263 e. The van der Waals surface area contributed by atoms with Gasteiger partial charge >= 0.3 is 0 Å². The highest BCUT2D eigenvalue weighted by Crippen LogP contribution is 2.18. The number of amides is 2. The van der Waals surface area contributed by atoms with Gasteiger partial charge in [0.15, 0.2) is 5.11 Å². The van der Waals surface area contributed by atoms with Crippen LogP contribution in [0.1, 0.15) is 16.7 Å². The summed E-state index contributed by atoms with van der Waals surface area (Å²) in [5, 5.41) is 4.83. The number of thiocarbonyl (C=S) groups is 1. The van der Waals surface area contributed by atoms with Crippen molar-refractivity contribution in [2.75, 3.05) is 0 Å². The molecule has 6 heteroatoms. The monoisotopic (exact) mass is 352 g/mol. The van der Waals surface area contributed by atoms with Crippen molar-refractivity contribution >= 4 is 35.2 Å². The molecule has 0 unspecified atom stereocenters. The van der Waals surface area contributed by atoms with Gasteiger partial charge in [-0.2, -0.15) is 0 Å². The van der Waals surface area contributed by atoms with E-state index in [1.54, 1.807) is 18.2 Å². The van der Waals surface area contributed by atoms with Gasteiger partial charge in [-0.1, -0.05) is 42.0 Å². The quantitative estimate of drug-likeness (QED) is 0.504. The zero-order valence-electron chi connectivity index (χ0n) is 13.5. The van der Waals surface area contributed by atoms with Gasteiger partial charge in [0, 0.05) is 0 Å². The molecule has 0 aliphatic carbocycles. The Morgan fingerprint density at radius 2 is 1.72 bits per heavy atom. The zero-order valence-corrected chi connectivity index (χ0v) is 14.4. The maximum atomic E-state index is 11.9. The largest absolute Gasteiger partial charge is 0.489 e. The SMILES string of the molecule is Cc1ccc(COc2cccc(C=C3C(=O)NC(=S)NC3=O)c2)cc1. The highest BCUT2D eigenvalue weighted by molar-refractivity contribution is 7.80. The molecular weight excluding hydrogens is 336 g/mol. The van der Waals surface area contributed by atoms with Crippen LogP contribution in [0.25, 0.3) is 6.08 Å². The summed E-state index contributed by atoms with van der Waals surface area (Å²) in [4.78, 5) is 23.8. The van der Waals surface area contributed by atoms with Crippen molar-refractivity contribution in [3.05, 3.63) is 70.8 Å². The van der Waals surface area contributed by atoms with Gasteiger partial charge in [0.1, 0.15) is 17.9 Å². The van der Waals surface area contributed by atoms with Crippen LogP contribution in [0.5, 0.6) is 5.75 Å². The Kier molecular flexibility index (Phi) is 4.90.